The van der Waals surface area contributed by atoms with Crippen LogP contribution in [0.1, 0.15) is 43.6 Å². The van der Waals surface area contributed by atoms with E-state index in [1.807, 2.05) is 4.90 Å². The summed E-state index contributed by atoms with van der Waals surface area (Å²) in [6.07, 6.45) is 0.627. The molecule has 2 aliphatic heterocycles. The van der Waals surface area contributed by atoms with E-state index in [0.717, 1.165) is 26.1 Å². The van der Waals surface area contributed by atoms with Gasteiger partial charge in [-0.05, 0) is 63.0 Å². The molecule has 2 fully saturated rings. The molecule has 7 heteroatoms. The molecule has 1 aromatic carbocycles. The van der Waals surface area contributed by atoms with Crippen LogP contribution < -0.4 is 4.74 Å². The summed E-state index contributed by atoms with van der Waals surface area (Å²) in [6, 6.07) is 6.47. The van der Waals surface area contributed by atoms with Gasteiger partial charge in [-0.1, -0.05) is 18.6 Å². The summed E-state index contributed by atoms with van der Waals surface area (Å²) in [5.41, 5.74) is 0.312. The van der Waals surface area contributed by atoms with Gasteiger partial charge >= 0.3 is 6.18 Å². The summed E-state index contributed by atoms with van der Waals surface area (Å²) in [4.78, 5) is 4.50. The number of likely N-dealkylation sites (tertiary alicyclic amines) is 1. The Morgan fingerprint density at radius 1 is 0.897 bits per heavy atom. The van der Waals surface area contributed by atoms with Gasteiger partial charge in [0.15, 0.2) is 0 Å². The van der Waals surface area contributed by atoms with Gasteiger partial charge in [0.05, 0.1) is 25.7 Å². The molecule has 0 aromatic heterocycles. The maximum absolute atomic E-state index is 13.6. The van der Waals surface area contributed by atoms with E-state index in [1.54, 1.807) is 24.3 Å². The van der Waals surface area contributed by atoms with Crippen molar-refractivity contribution in [2.45, 2.75) is 44.2 Å². The van der Waals surface area contributed by atoms with Crippen molar-refractivity contribution in [3.8, 4) is 5.75 Å². The van der Waals surface area contributed by atoms with Crippen molar-refractivity contribution >= 4 is 0 Å². The molecule has 1 unspecified atom stereocenters. The van der Waals surface area contributed by atoms with E-state index in [9.17, 15) is 13.2 Å². The highest BCUT2D eigenvalue weighted by atomic mass is 19.4. The SMILES string of the molecule is FC(F)(F)C(CCN1CCOCC1)c1ccc(OCCCN2CCCCC2)cc1. The van der Waals surface area contributed by atoms with Gasteiger partial charge in [0, 0.05) is 19.6 Å². The molecule has 4 nitrogen and oxygen atoms in total. The monoisotopic (exact) mass is 414 g/mol. The molecule has 0 saturated carbocycles. The van der Waals surface area contributed by atoms with Gasteiger partial charge in [0.2, 0.25) is 0 Å². The highest BCUT2D eigenvalue weighted by Gasteiger charge is 2.40. The van der Waals surface area contributed by atoms with Crippen LogP contribution in [0.4, 0.5) is 13.2 Å². The predicted octanol–water partition coefficient (Wildman–Crippen LogP) is 4.31. The lowest BCUT2D eigenvalue weighted by Crippen LogP contribution is -2.38. The van der Waals surface area contributed by atoms with Crippen LogP contribution in [0.3, 0.4) is 0 Å². The average molecular weight is 415 g/mol. The molecule has 0 aliphatic carbocycles. The molecule has 2 saturated heterocycles. The first-order chi connectivity index (χ1) is 14.0. The molecule has 0 radical (unpaired) electrons. The Morgan fingerprint density at radius 2 is 1.55 bits per heavy atom. The van der Waals surface area contributed by atoms with Crippen LogP contribution in [-0.2, 0) is 4.74 Å². The topological polar surface area (TPSA) is 24.9 Å². The van der Waals surface area contributed by atoms with Crippen molar-refractivity contribution in [3.05, 3.63) is 29.8 Å². The number of piperidine rings is 1. The average Bonchev–Trinajstić information content (AvgIpc) is 2.73. The van der Waals surface area contributed by atoms with Crippen LogP contribution in [0.15, 0.2) is 24.3 Å². The molecule has 1 aromatic rings. The third-order valence-electron chi connectivity index (χ3n) is 5.85. The van der Waals surface area contributed by atoms with Gasteiger partial charge in [-0.15, -0.1) is 0 Å². The smallest absolute Gasteiger partial charge is 0.395 e. The van der Waals surface area contributed by atoms with Crippen LogP contribution >= 0.6 is 0 Å². The van der Waals surface area contributed by atoms with Gasteiger partial charge in [-0.2, -0.15) is 13.2 Å². The second kappa shape index (κ2) is 11.2. The molecule has 0 N–H and O–H groups in total. The van der Waals surface area contributed by atoms with Gasteiger partial charge in [0.25, 0.3) is 0 Å². The number of hydrogen-bond donors (Lipinski definition) is 0. The number of halogens is 3. The van der Waals surface area contributed by atoms with Crippen molar-refractivity contribution < 1.29 is 22.6 Å². The fraction of sp³-hybridized carbons (Fsp3) is 0.727. The molecule has 164 valence electrons. The lowest BCUT2D eigenvalue weighted by Gasteiger charge is -2.29. The molecular formula is C22H33F3N2O2. The highest BCUT2D eigenvalue weighted by molar-refractivity contribution is 5.30. The first-order valence-electron chi connectivity index (χ1n) is 10.8. The van der Waals surface area contributed by atoms with Crippen LogP contribution in [0.25, 0.3) is 0 Å². The predicted molar refractivity (Wildman–Crippen MR) is 108 cm³/mol. The van der Waals surface area contributed by atoms with Crippen molar-refractivity contribution in [3.63, 3.8) is 0 Å². The van der Waals surface area contributed by atoms with Crippen molar-refractivity contribution in [2.24, 2.45) is 0 Å². The molecule has 0 amide bonds. The second-order valence-electron chi connectivity index (χ2n) is 8.01. The van der Waals surface area contributed by atoms with Crippen LogP contribution in [0, 0.1) is 0 Å². The maximum Gasteiger partial charge on any atom is 0.395 e. The Bertz CT molecular complexity index is 583. The van der Waals surface area contributed by atoms with Crippen LogP contribution in [0.2, 0.25) is 0 Å². The normalized spacial score (nSPS) is 20.5. The Kier molecular flexibility index (Phi) is 8.63. The molecule has 0 bridgehead atoms. The largest absolute Gasteiger partial charge is 0.494 e. The van der Waals surface area contributed by atoms with E-state index in [1.165, 1.54) is 19.3 Å². The zero-order chi connectivity index (χ0) is 20.5. The summed E-state index contributed by atoms with van der Waals surface area (Å²) < 4.78 is 51.8. The molecule has 1 atom stereocenters. The first-order valence-corrected chi connectivity index (χ1v) is 10.8. The molecule has 29 heavy (non-hydrogen) atoms. The van der Waals surface area contributed by atoms with Crippen molar-refractivity contribution in [2.75, 3.05) is 59.1 Å². The number of hydrogen-bond acceptors (Lipinski definition) is 4. The lowest BCUT2D eigenvalue weighted by atomic mass is 9.94. The Balaban J connectivity index is 1.46. The summed E-state index contributed by atoms with van der Waals surface area (Å²) in [5, 5.41) is 0. The minimum absolute atomic E-state index is 0.0690. The zero-order valence-electron chi connectivity index (χ0n) is 17.1. The van der Waals surface area contributed by atoms with Crippen molar-refractivity contribution in [1.29, 1.82) is 0 Å². The highest BCUT2D eigenvalue weighted by Crippen LogP contribution is 2.38. The number of ether oxygens (including phenoxy) is 2. The molecule has 0 spiro atoms. The summed E-state index contributed by atoms with van der Waals surface area (Å²) in [5.74, 6) is -0.806. The number of benzene rings is 1. The van der Waals surface area contributed by atoms with E-state index in [2.05, 4.69) is 4.90 Å². The van der Waals surface area contributed by atoms with E-state index in [0.29, 0.717) is 50.8 Å². The lowest BCUT2D eigenvalue weighted by molar-refractivity contribution is -0.153. The number of rotatable bonds is 9. The van der Waals surface area contributed by atoms with E-state index < -0.39 is 12.1 Å². The molecule has 3 rings (SSSR count). The standard InChI is InChI=1S/C22H33F3N2O2/c23-22(24,25)21(9-13-27-14-17-28-18-15-27)19-5-7-20(8-6-19)29-16-4-12-26-10-2-1-3-11-26/h5-8,21H,1-4,9-18H2. The number of nitrogens with zero attached hydrogens (tertiary/aromatic N) is 2. The van der Waals surface area contributed by atoms with E-state index in [4.69, 9.17) is 9.47 Å². The third-order valence-corrected chi connectivity index (χ3v) is 5.85. The molecular weight excluding hydrogens is 381 g/mol. The summed E-state index contributed by atoms with van der Waals surface area (Å²) in [7, 11) is 0. The quantitative estimate of drug-likeness (QED) is 0.562. The molecule has 2 aliphatic rings. The fourth-order valence-corrected chi connectivity index (χ4v) is 4.11. The summed E-state index contributed by atoms with van der Waals surface area (Å²) in [6.45, 7) is 6.98. The van der Waals surface area contributed by atoms with Gasteiger partial charge in [-0.3, -0.25) is 4.90 Å². The van der Waals surface area contributed by atoms with Gasteiger partial charge in [-0.25, -0.2) is 0 Å². The number of morpholine rings is 1. The minimum Gasteiger partial charge on any atom is -0.494 e. The first kappa shape index (κ1) is 22.4. The minimum atomic E-state index is -4.25. The third kappa shape index (κ3) is 7.46. The van der Waals surface area contributed by atoms with Gasteiger partial charge < -0.3 is 14.4 Å². The van der Waals surface area contributed by atoms with Gasteiger partial charge in [0.1, 0.15) is 5.75 Å². The Labute approximate surface area is 172 Å². The van der Waals surface area contributed by atoms with Crippen LogP contribution in [0.5, 0.6) is 5.75 Å². The Morgan fingerprint density at radius 3 is 2.21 bits per heavy atom. The second-order valence-corrected chi connectivity index (χ2v) is 8.01. The van der Waals surface area contributed by atoms with E-state index >= 15 is 0 Å². The maximum atomic E-state index is 13.6. The fourth-order valence-electron chi connectivity index (χ4n) is 4.11. The Hall–Kier alpha value is -1.31. The summed E-state index contributed by atoms with van der Waals surface area (Å²) >= 11 is 0. The molecule has 2 heterocycles. The zero-order valence-corrected chi connectivity index (χ0v) is 17.1. The number of alkyl halides is 3. The van der Waals surface area contributed by atoms with Crippen LogP contribution in [-0.4, -0.2) is 75.1 Å². The van der Waals surface area contributed by atoms with Crippen molar-refractivity contribution in [1.82, 2.24) is 9.80 Å². The van der Waals surface area contributed by atoms with E-state index in [-0.39, 0.29) is 6.42 Å².